The summed E-state index contributed by atoms with van der Waals surface area (Å²) < 4.78 is 0. The van der Waals surface area contributed by atoms with E-state index in [-0.39, 0.29) is 0 Å². The average molecular weight is 171 g/mol. The SMILES string of the molecule is Cc1[nH]c2cccc(N)c2c1C#N. The van der Waals surface area contributed by atoms with Crippen LogP contribution in [0.5, 0.6) is 0 Å². The number of H-pyrrole nitrogens is 1. The van der Waals surface area contributed by atoms with E-state index < -0.39 is 0 Å². The Morgan fingerprint density at radius 2 is 2.23 bits per heavy atom. The molecule has 0 bridgehead atoms. The molecule has 0 saturated heterocycles. The summed E-state index contributed by atoms with van der Waals surface area (Å²) in [5.74, 6) is 0. The highest BCUT2D eigenvalue weighted by Gasteiger charge is 2.09. The molecule has 3 heteroatoms. The van der Waals surface area contributed by atoms with E-state index in [1.54, 1.807) is 6.07 Å². The summed E-state index contributed by atoms with van der Waals surface area (Å²) in [4.78, 5) is 3.12. The average Bonchev–Trinajstić information content (AvgIpc) is 2.42. The molecule has 0 aliphatic carbocycles. The van der Waals surface area contributed by atoms with Crippen molar-refractivity contribution in [2.24, 2.45) is 0 Å². The van der Waals surface area contributed by atoms with Gasteiger partial charge in [0, 0.05) is 22.3 Å². The first-order valence-electron chi connectivity index (χ1n) is 4.01. The molecule has 0 amide bonds. The highest BCUT2D eigenvalue weighted by Crippen LogP contribution is 2.26. The molecule has 0 aliphatic rings. The summed E-state index contributed by atoms with van der Waals surface area (Å²) in [6.45, 7) is 1.87. The zero-order valence-electron chi connectivity index (χ0n) is 7.26. The number of nitrogens with two attached hydrogens (primary N) is 1. The van der Waals surface area contributed by atoms with Crippen LogP contribution in [0.4, 0.5) is 5.69 Å². The van der Waals surface area contributed by atoms with Crippen molar-refractivity contribution in [3.05, 3.63) is 29.5 Å². The van der Waals surface area contributed by atoms with Gasteiger partial charge < -0.3 is 10.7 Å². The van der Waals surface area contributed by atoms with E-state index in [2.05, 4.69) is 11.1 Å². The topological polar surface area (TPSA) is 65.6 Å². The molecule has 0 aliphatic heterocycles. The molecule has 0 radical (unpaired) electrons. The Balaban J connectivity index is 2.99. The van der Waals surface area contributed by atoms with Crippen LogP contribution in [0.2, 0.25) is 0 Å². The second kappa shape index (κ2) is 2.53. The number of benzene rings is 1. The number of nitrogens with zero attached hydrogens (tertiary/aromatic N) is 1. The largest absolute Gasteiger partial charge is 0.398 e. The quantitative estimate of drug-likeness (QED) is 0.595. The fraction of sp³-hybridized carbons (Fsp3) is 0.100. The molecule has 1 heterocycles. The fourth-order valence-electron chi connectivity index (χ4n) is 1.55. The molecule has 0 atom stereocenters. The molecule has 0 spiro atoms. The Morgan fingerprint density at radius 1 is 1.46 bits per heavy atom. The number of hydrogen-bond donors (Lipinski definition) is 2. The van der Waals surface area contributed by atoms with Crippen molar-refractivity contribution < 1.29 is 0 Å². The molecule has 0 fully saturated rings. The smallest absolute Gasteiger partial charge is 0.102 e. The summed E-state index contributed by atoms with van der Waals surface area (Å²) in [5, 5.41) is 9.74. The Bertz CT molecular complexity index is 503. The molecule has 3 nitrogen and oxygen atoms in total. The number of anilines is 1. The van der Waals surface area contributed by atoms with Gasteiger partial charge in [-0.25, -0.2) is 0 Å². The molecule has 2 aromatic rings. The first-order valence-corrected chi connectivity index (χ1v) is 4.01. The maximum Gasteiger partial charge on any atom is 0.102 e. The van der Waals surface area contributed by atoms with Crippen molar-refractivity contribution in [1.82, 2.24) is 4.98 Å². The van der Waals surface area contributed by atoms with Gasteiger partial charge in [0.15, 0.2) is 0 Å². The van der Waals surface area contributed by atoms with Gasteiger partial charge in [-0.05, 0) is 19.1 Å². The normalized spacial score (nSPS) is 10.2. The van der Waals surface area contributed by atoms with Crippen LogP contribution in [0, 0.1) is 18.3 Å². The third-order valence-corrected chi connectivity index (χ3v) is 2.16. The highest BCUT2D eigenvalue weighted by atomic mass is 14.7. The highest BCUT2D eigenvalue weighted by molar-refractivity contribution is 5.96. The van der Waals surface area contributed by atoms with E-state index in [1.165, 1.54) is 0 Å². The minimum absolute atomic E-state index is 0.646. The maximum atomic E-state index is 8.90. The van der Waals surface area contributed by atoms with E-state index in [1.807, 2.05) is 19.1 Å². The Kier molecular flexibility index (Phi) is 1.49. The van der Waals surface area contributed by atoms with Gasteiger partial charge in [-0.1, -0.05) is 6.07 Å². The van der Waals surface area contributed by atoms with E-state index in [4.69, 9.17) is 11.0 Å². The van der Waals surface area contributed by atoms with E-state index >= 15 is 0 Å². The Morgan fingerprint density at radius 3 is 2.92 bits per heavy atom. The molecule has 3 N–H and O–H groups in total. The molecule has 13 heavy (non-hydrogen) atoms. The first kappa shape index (κ1) is 7.69. The molecule has 0 saturated carbocycles. The number of aromatic nitrogens is 1. The number of nitriles is 1. The number of nitrogens with one attached hydrogen (secondary N) is 1. The summed E-state index contributed by atoms with van der Waals surface area (Å²) in [6.07, 6.45) is 0. The predicted octanol–water partition coefficient (Wildman–Crippen LogP) is 1.93. The number of rotatable bonds is 0. The summed E-state index contributed by atoms with van der Waals surface area (Å²) in [6, 6.07) is 7.74. The standard InChI is InChI=1S/C10H9N3/c1-6-7(5-11)10-8(12)3-2-4-9(10)13-6/h2-4,13H,12H2,1H3. The Labute approximate surface area is 75.8 Å². The molecule has 1 aromatic heterocycles. The number of aryl methyl sites for hydroxylation is 1. The number of nitrogen functional groups attached to an aromatic ring is 1. The number of hydrogen-bond acceptors (Lipinski definition) is 2. The van der Waals surface area contributed by atoms with Crippen molar-refractivity contribution in [3.63, 3.8) is 0 Å². The summed E-state index contributed by atoms with van der Waals surface area (Å²) >= 11 is 0. The third-order valence-electron chi connectivity index (χ3n) is 2.16. The second-order valence-electron chi connectivity index (χ2n) is 3.01. The van der Waals surface area contributed by atoms with E-state index in [0.717, 1.165) is 16.6 Å². The van der Waals surface area contributed by atoms with Crippen LogP contribution in [-0.2, 0) is 0 Å². The monoisotopic (exact) mass is 171 g/mol. The fourth-order valence-corrected chi connectivity index (χ4v) is 1.55. The van der Waals surface area contributed by atoms with Crippen molar-refractivity contribution in [2.75, 3.05) is 5.73 Å². The van der Waals surface area contributed by atoms with Crippen molar-refractivity contribution in [3.8, 4) is 6.07 Å². The van der Waals surface area contributed by atoms with Gasteiger partial charge in [-0.2, -0.15) is 5.26 Å². The van der Waals surface area contributed by atoms with Crippen LogP contribution < -0.4 is 5.73 Å². The molecule has 1 aromatic carbocycles. The maximum absolute atomic E-state index is 8.90. The lowest BCUT2D eigenvalue weighted by atomic mass is 10.1. The second-order valence-corrected chi connectivity index (χ2v) is 3.01. The molecule has 0 unspecified atom stereocenters. The number of fused-ring (bicyclic) bond motifs is 1. The van der Waals surface area contributed by atoms with Gasteiger partial charge in [0.1, 0.15) is 6.07 Å². The zero-order valence-corrected chi connectivity index (χ0v) is 7.26. The molecular formula is C10H9N3. The van der Waals surface area contributed by atoms with Gasteiger partial charge in [-0.3, -0.25) is 0 Å². The van der Waals surface area contributed by atoms with Crippen LogP contribution >= 0.6 is 0 Å². The summed E-state index contributed by atoms with van der Waals surface area (Å²) in [7, 11) is 0. The van der Waals surface area contributed by atoms with E-state index in [0.29, 0.717) is 11.3 Å². The number of aromatic amines is 1. The van der Waals surface area contributed by atoms with Gasteiger partial charge >= 0.3 is 0 Å². The molecule has 2 rings (SSSR count). The first-order chi connectivity index (χ1) is 6.24. The van der Waals surface area contributed by atoms with Crippen molar-refractivity contribution >= 4 is 16.6 Å². The minimum Gasteiger partial charge on any atom is -0.398 e. The van der Waals surface area contributed by atoms with Gasteiger partial charge in [0.25, 0.3) is 0 Å². The third kappa shape index (κ3) is 0.960. The predicted molar refractivity (Wildman–Crippen MR) is 52.2 cm³/mol. The van der Waals surface area contributed by atoms with Crippen LogP contribution in [0.15, 0.2) is 18.2 Å². The van der Waals surface area contributed by atoms with Crippen LogP contribution in [-0.4, -0.2) is 4.98 Å². The lowest BCUT2D eigenvalue weighted by Gasteiger charge is -1.94. The molecule has 64 valence electrons. The van der Waals surface area contributed by atoms with Gasteiger partial charge in [0.05, 0.1) is 5.56 Å². The lowest BCUT2D eigenvalue weighted by Crippen LogP contribution is -1.85. The van der Waals surface area contributed by atoms with Crippen molar-refractivity contribution in [2.45, 2.75) is 6.92 Å². The van der Waals surface area contributed by atoms with Crippen LogP contribution in [0.1, 0.15) is 11.3 Å². The van der Waals surface area contributed by atoms with Crippen LogP contribution in [0.25, 0.3) is 10.9 Å². The van der Waals surface area contributed by atoms with Gasteiger partial charge in [0.2, 0.25) is 0 Å². The Hall–Kier alpha value is -1.95. The minimum atomic E-state index is 0.646. The van der Waals surface area contributed by atoms with Crippen LogP contribution in [0.3, 0.4) is 0 Å². The van der Waals surface area contributed by atoms with E-state index in [9.17, 15) is 0 Å². The lowest BCUT2D eigenvalue weighted by molar-refractivity contribution is 1.28. The van der Waals surface area contributed by atoms with Crippen molar-refractivity contribution in [1.29, 1.82) is 5.26 Å². The summed E-state index contributed by atoms with van der Waals surface area (Å²) in [5.41, 5.74) is 8.87. The zero-order chi connectivity index (χ0) is 9.42. The molecular weight excluding hydrogens is 162 g/mol. The van der Waals surface area contributed by atoms with Gasteiger partial charge in [-0.15, -0.1) is 0 Å².